The Hall–Kier alpha value is -2.55. The van der Waals surface area contributed by atoms with Crippen LogP contribution in [0.5, 0.6) is 5.75 Å². The van der Waals surface area contributed by atoms with Crippen molar-refractivity contribution in [1.29, 1.82) is 5.26 Å². The van der Waals surface area contributed by atoms with Crippen LogP contribution in [0.1, 0.15) is 39.7 Å². The molecule has 5 heteroatoms. The molecule has 1 aliphatic rings. The Morgan fingerprint density at radius 1 is 1.03 bits per heavy atom. The fourth-order valence-corrected chi connectivity index (χ4v) is 3.78. The lowest BCUT2D eigenvalue weighted by Gasteiger charge is -2.34. The van der Waals surface area contributed by atoms with Crippen LogP contribution in [0.15, 0.2) is 42.5 Å². The summed E-state index contributed by atoms with van der Waals surface area (Å²) in [6.07, 6.45) is 0.947. The molecule has 0 N–H and O–H groups in total. The second kappa shape index (κ2) is 10.2. The quantitative estimate of drug-likeness (QED) is 0.604. The zero-order valence-electron chi connectivity index (χ0n) is 19.5. The SMILES string of the molecule is CC(C)OCCC(C)(C)Oc1cccc(-c2ccc(N3CCN(C)CC3)cc2)c1C#N. The normalized spacial score (nSPS) is 15.2. The maximum Gasteiger partial charge on any atom is 0.138 e. The fourth-order valence-electron chi connectivity index (χ4n) is 3.78. The summed E-state index contributed by atoms with van der Waals surface area (Å²) in [5.74, 6) is 0.623. The van der Waals surface area contributed by atoms with Crippen LogP contribution in [-0.2, 0) is 4.74 Å². The Bertz CT molecular complexity index is 892. The molecule has 0 aliphatic carbocycles. The molecule has 2 aromatic carbocycles. The first-order valence-electron chi connectivity index (χ1n) is 11.2. The van der Waals surface area contributed by atoms with Crippen molar-refractivity contribution in [3.63, 3.8) is 0 Å². The Kier molecular flexibility index (Phi) is 7.59. The highest BCUT2D eigenvalue weighted by atomic mass is 16.5. The number of nitriles is 1. The van der Waals surface area contributed by atoms with Crippen molar-refractivity contribution >= 4 is 5.69 Å². The largest absolute Gasteiger partial charge is 0.486 e. The summed E-state index contributed by atoms with van der Waals surface area (Å²) in [5, 5.41) is 9.92. The summed E-state index contributed by atoms with van der Waals surface area (Å²) in [6, 6.07) is 16.7. The van der Waals surface area contributed by atoms with E-state index in [2.05, 4.69) is 47.2 Å². The van der Waals surface area contributed by atoms with Gasteiger partial charge in [0.05, 0.1) is 12.7 Å². The molecular weight excluding hydrogens is 386 g/mol. The number of hydrogen-bond acceptors (Lipinski definition) is 5. The van der Waals surface area contributed by atoms with Gasteiger partial charge in [0.2, 0.25) is 0 Å². The molecule has 166 valence electrons. The van der Waals surface area contributed by atoms with Crippen LogP contribution in [-0.4, -0.2) is 56.4 Å². The average Bonchev–Trinajstić information content (AvgIpc) is 2.73. The van der Waals surface area contributed by atoms with E-state index >= 15 is 0 Å². The first-order valence-corrected chi connectivity index (χ1v) is 11.2. The molecule has 1 saturated heterocycles. The van der Waals surface area contributed by atoms with Gasteiger partial charge in [-0.3, -0.25) is 0 Å². The van der Waals surface area contributed by atoms with E-state index in [1.54, 1.807) is 0 Å². The Balaban J connectivity index is 1.77. The van der Waals surface area contributed by atoms with Crippen molar-refractivity contribution in [2.24, 2.45) is 0 Å². The number of rotatable bonds is 8. The fraction of sp³-hybridized carbons (Fsp3) is 0.500. The summed E-state index contributed by atoms with van der Waals surface area (Å²) >= 11 is 0. The molecule has 3 rings (SSSR count). The highest BCUT2D eigenvalue weighted by Gasteiger charge is 2.23. The van der Waals surface area contributed by atoms with Crippen LogP contribution in [0.4, 0.5) is 5.69 Å². The Labute approximate surface area is 187 Å². The molecule has 0 spiro atoms. The number of benzene rings is 2. The molecule has 0 amide bonds. The number of likely N-dealkylation sites (N-methyl/N-ethyl adjacent to an activating group) is 1. The minimum atomic E-state index is -0.426. The van der Waals surface area contributed by atoms with Crippen molar-refractivity contribution < 1.29 is 9.47 Å². The molecule has 31 heavy (non-hydrogen) atoms. The lowest BCUT2D eigenvalue weighted by molar-refractivity contribution is 0.0230. The van der Waals surface area contributed by atoms with E-state index in [0.29, 0.717) is 17.9 Å². The van der Waals surface area contributed by atoms with Crippen molar-refractivity contribution in [3.05, 3.63) is 48.0 Å². The number of ether oxygens (including phenoxy) is 2. The van der Waals surface area contributed by atoms with E-state index < -0.39 is 5.60 Å². The molecule has 0 radical (unpaired) electrons. The van der Waals surface area contributed by atoms with Gasteiger partial charge in [-0.15, -0.1) is 0 Å². The zero-order valence-corrected chi connectivity index (χ0v) is 19.5. The van der Waals surface area contributed by atoms with Crippen molar-refractivity contribution in [2.45, 2.75) is 45.8 Å². The number of anilines is 1. The van der Waals surface area contributed by atoms with Crippen molar-refractivity contribution in [3.8, 4) is 22.9 Å². The number of hydrogen-bond donors (Lipinski definition) is 0. The summed E-state index contributed by atoms with van der Waals surface area (Å²) < 4.78 is 12.0. The molecule has 0 unspecified atom stereocenters. The second-order valence-electron chi connectivity index (χ2n) is 9.16. The Morgan fingerprint density at radius 2 is 1.71 bits per heavy atom. The smallest absolute Gasteiger partial charge is 0.138 e. The van der Waals surface area contributed by atoms with Gasteiger partial charge in [-0.2, -0.15) is 5.26 Å². The molecule has 0 bridgehead atoms. The van der Waals surface area contributed by atoms with Crippen molar-refractivity contribution in [2.75, 3.05) is 44.7 Å². The predicted molar refractivity (Wildman–Crippen MR) is 127 cm³/mol. The highest BCUT2D eigenvalue weighted by molar-refractivity contribution is 5.75. The highest BCUT2D eigenvalue weighted by Crippen LogP contribution is 2.33. The molecule has 0 saturated carbocycles. The number of nitrogens with zero attached hydrogens (tertiary/aromatic N) is 3. The molecule has 5 nitrogen and oxygen atoms in total. The summed E-state index contributed by atoms with van der Waals surface area (Å²) in [6.45, 7) is 13.0. The molecule has 2 aromatic rings. The molecule has 1 heterocycles. The number of piperazine rings is 1. The summed E-state index contributed by atoms with van der Waals surface area (Å²) in [7, 11) is 2.16. The van der Waals surface area contributed by atoms with Gasteiger partial charge in [-0.1, -0.05) is 24.3 Å². The maximum atomic E-state index is 9.92. The summed E-state index contributed by atoms with van der Waals surface area (Å²) in [4.78, 5) is 4.77. The topological polar surface area (TPSA) is 48.7 Å². The average molecular weight is 422 g/mol. The van der Waals surface area contributed by atoms with Crippen LogP contribution >= 0.6 is 0 Å². The third kappa shape index (κ3) is 6.22. The zero-order chi connectivity index (χ0) is 22.4. The predicted octanol–water partition coefficient (Wildman–Crippen LogP) is 4.95. The lowest BCUT2D eigenvalue weighted by atomic mass is 9.98. The standard InChI is InChI=1S/C26H35N3O2/c1-20(2)30-18-13-26(3,4)31-25-8-6-7-23(24(25)19-27)21-9-11-22(12-10-21)29-16-14-28(5)15-17-29/h6-12,20H,13-18H2,1-5H3. The second-order valence-corrected chi connectivity index (χ2v) is 9.16. The van der Waals surface area contributed by atoms with Crippen molar-refractivity contribution in [1.82, 2.24) is 4.90 Å². The van der Waals surface area contributed by atoms with Gasteiger partial charge in [0.1, 0.15) is 23.0 Å². The molecule has 1 aliphatic heterocycles. The van der Waals surface area contributed by atoms with Gasteiger partial charge in [-0.25, -0.2) is 0 Å². The van der Waals surface area contributed by atoms with Crippen LogP contribution < -0.4 is 9.64 Å². The van der Waals surface area contributed by atoms with Crippen LogP contribution in [0.25, 0.3) is 11.1 Å². The van der Waals surface area contributed by atoms with Gasteiger partial charge in [0, 0.05) is 43.9 Å². The lowest BCUT2D eigenvalue weighted by Crippen LogP contribution is -2.44. The van der Waals surface area contributed by atoms with Crippen LogP contribution in [0.3, 0.4) is 0 Å². The van der Waals surface area contributed by atoms with E-state index in [1.807, 2.05) is 45.9 Å². The molecule has 1 fully saturated rings. The van der Waals surface area contributed by atoms with Gasteiger partial charge in [-0.05, 0) is 58.5 Å². The van der Waals surface area contributed by atoms with E-state index in [0.717, 1.165) is 43.7 Å². The minimum Gasteiger partial charge on any atom is -0.486 e. The third-order valence-corrected chi connectivity index (χ3v) is 5.73. The third-order valence-electron chi connectivity index (χ3n) is 5.73. The van der Waals surface area contributed by atoms with Gasteiger partial charge < -0.3 is 19.3 Å². The van der Waals surface area contributed by atoms with E-state index in [1.165, 1.54) is 5.69 Å². The maximum absolute atomic E-state index is 9.92. The molecular formula is C26H35N3O2. The van der Waals surface area contributed by atoms with E-state index in [9.17, 15) is 5.26 Å². The van der Waals surface area contributed by atoms with Gasteiger partial charge in [0.15, 0.2) is 0 Å². The minimum absolute atomic E-state index is 0.197. The van der Waals surface area contributed by atoms with Crippen LogP contribution in [0.2, 0.25) is 0 Å². The summed E-state index contributed by atoms with van der Waals surface area (Å²) in [5.41, 5.74) is 3.31. The van der Waals surface area contributed by atoms with E-state index in [4.69, 9.17) is 9.47 Å². The van der Waals surface area contributed by atoms with Gasteiger partial charge in [0.25, 0.3) is 0 Å². The van der Waals surface area contributed by atoms with Crippen LogP contribution in [0, 0.1) is 11.3 Å². The first kappa shape index (κ1) is 23.1. The molecule has 0 aromatic heterocycles. The molecule has 0 atom stereocenters. The van der Waals surface area contributed by atoms with E-state index in [-0.39, 0.29) is 6.10 Å². The van der Waals surface area contributed by atoms with Gasteiger partial charge >= 0.3 is 0 Å². The Morgan fingerprint density at radius 3 is 2.32 bits per heavy atom. The monoisotopic (exact) mass is 421 g/mol. The first-order chi connectivity index (χ1) is 14.8.